The second-order valence-corrected chi connectivity index (χ2v) is 19.1. The number of nitrogens with zero attached hydrogens (tertiary/aromatic N) is 4. The van der Waals surface area contributed by atoms with Gasteiger partial charge in [-0.25, -0.2) is 14.4 Å². The number of carboxylic acid groups (broad SMARTS) is 3. The number of nitrogens with one attached hydrogen (secondary N) is 5. The van der Waals surface area contributed by atoms with Crippen LogP contribution in [0.15, 0.2) is 42.5 Å². The van der Waals surface area contributed by atoms with Gasteiger partial charge in [0.25, 0.3) is 0 Å². The summed E-state index contributed by atoms with van der Waals surface area (Å²) in [7, 11) is 0. The number of urea groups is 1. The predicted molar refractivity (Wildman–Crippen MR) is 270 cm³/mol. The highest BCUT2D eigenvalue weighted by molar-refractivity contribution is 5.90. The van der Waals surface area contributed by atoms with Crippen molar-refractivity contribution in [3.8, 4) is 0 Å². The first-order chi connectivity index (χ1) is 35.2. The summed E-state index contributed by atoms with van der Waals surface area (Å²) < 4.78 is 0. The minimum absolute atomic E-state index is 0.00294. The molecule has 408 valence electrons. The standard InChI is InChI=1S/C49H74N12O13/c50-40(62)28-58-17-19-59(29-41(51)63)21-23-61(24-22-60(20-18-58)30-42(52)64)31-43(65)54-27-32-8-12-35(13-9-32)45(68)55-39(26-33-10-11-34-5-1-2-6-36(34)25-33)46(69)53-16-4-3-7-37(47(70)71)56-49(74)57-38(48(72)73)14-15-44(66)67/h1-2,5-6,10-11,25,32,35,37-39H,3-4,7-9,12-24,26-31H2,(H2,50,62)(H2,51,63)(H2,52,64)(H,53,69)(H,54,65)(H,55,68)(H,66,67)(H,70,71)(H,72,73)(H2,56,57,74). The normalized spacial score (nSPS) is 18.8. The third kappa shape index (κ3) is 22.4. The van der Waals surface area contributed by atoms with Crippen molar-refractivity contribution in [1.82, 2.24) is 46.2 Å². The molecule has 25 heteroatoms. The van der Waals surface area contributed by atoms with E-state index in [0.29, 0.717) is 91.0 Å². The van der Waals surface area contributed by atoms with Crippen LogP contribution in [0, 0.1) is 11.8 Å². The molecule has 74 heavy (non-hydrogen) atoms. The number of carbonyl (C=O) groups excluding carboxylic acids is 7. The quantitative estimate of drug-likeness (QED) is 0.0424. The molecular weight excluding hydrogens is 965 g/mol. The molecule has 14 N–H and O–H groups in total. The van der Waals surface area contributed by atoms with Crippen LogP contribution in [0.3, 0.4) is 0 Å². The molecular formula is C49H74N12O13. The highest BCUT2D eigenvalue weighted by Crippen LogP contribution is 2.29. The average Bonchev–Trinajstić information content (AvgIpc) is 3.34. The van der Waals surface area contributed by atoms with Gasteiger partial charge >= 0.3 is 23.9 Å². The average molecular weight is 1040 g/mol. The number of primary amides is 3. The van der Waals surface area contributed by atoms with E-state index >= 15 is 0 Å². The summed E-state index contributed by atoms with van der Waals surface area (Å²) in [5.74, 6) is -6.85. The lowest BCUT2D eigenvalue weighted by molar-refractivity contribution is -0.141. The Bertz CT molecular complexity index is 2230. The van der Waals surface area contributed by atoms with Crippen LogP contribution in [-0.4, -0.2) is 204 Å². The molecule has 1 saturated heterocycles. The molecule has 2 aromatic carbocycles. The fourth-order valence-corrected chi connectivity index (χ4v) is 9.07. The minimum Gasteiger partial charge on any atom is -0.481 e. The van der Waals surface area contributed by atoms with E-state index in [1.807, 2.05) is 62.1 Å². The summed E-state index contributed by atoms with van der Waals surface area (Å²) in [6.07, 6.45) is 2.09. The van der Waals surface area contributed by atoms with E-state index in [9.17, 15) is 58.2 Å². The number of carboxylic acids is 3. The molecule has 25 nitrogen and oxygen atoms in total. The van der Waals surface area contributed by atoms with Gasteiger partial charge in [0.1, 0.15) is 18.1 Å². The lowest BCUT2D eigenvalue weighted by Crippen LogP contribution is -2.51. The maximum atomic E-state index is 13.8. The van der Waals surface area contributed by atoms with Crippen LogP contribution in [0.25, 0.3) is 10.8 Å². The maximum absolute atomic E-state index is 13.8. The largest absolute Gasteiger partial charge is 0.481 e. The summed E-state index contributed by atoms with van der Waals surface area (Å²) in [4.78, 5) is 131. The van der Waals surface area contributed by atoms with E-state index in [1.165, 1.54) is 0 Å². The van der Waals surface area contributed by atoms with Gasteiger partial charge in [0.05, 0.1) is 26.2 Å². The van der Waals surface area contributed by atoms with Gasteiger partial charge in [-0.1, -0.05) is 42.5 Å². The Morgan fingerprint density at radius 3 is 1.57 bits per heavy atom. The first kappa shape index (κ1) is 59.6. The van der Waals surface area contributed by atoms with Crippen molar-refractivity contribution in [2.75, 3.05) is 91.6 Å². The van der Waals surface area contributed by atoms with E-state index in [1.54, 1.807) is 0 Å². The van der Waals surface area contributed by atoms with Crippen molar-refractivity contribution in [1.29, 1.82) is 0 Å². The van der Waals surface area contributed by atoms with E-state index in [0.717, 1.165) is 16.3 Å². The molecule has 1 aliphatic heterocycles. The zero-order chi connectivity index (χ0) is 54.2. The van der Waals surface area contributed by atoms with Crippen molar-refractivity contribution in [2.45, 2.75) is 82.3 Å². The second kappa shape index (κ2) is 30.9. The van der Waals surface area contributed by atoms with Crippen LogP contribution in [-0.2, 0) is 49.6 Å². The topological polar surface area (TPSA) is 383 Å². The van der Waals surface area contributed by atoms with Crippen LogP contribution in [0.2, 0.25) is 0 Å². The summed E-state index contributed by atoms with van der Waals surface area (Å²) >= 11 is 0. The van der Waals surface area contributed by atoms with Gasteiger partial charge in [-0.3, -0.25) is 53.2 Å². The third-order valence-electron chi connectivity index (χ3n) is 13.2. The molecule has 1 heterocycles. The molecule has 0 aromatic heterocycles. The molecule has 1 aliphatic carbocycles. The van der Waals surface area contributed by atoms with Crippen LogP contribution in [0.4, 0.5) is 4.79 Å². The Kier molecular flexibility index (Phi) is 24.9. The summed E-state index contributed by atoms with van der Waals surface area (Å²) in [5.41, 5.74) is 17.4. The van der Waals surface area contributed by atoms with Gasteiger partial charge in [-0.15, -0.1) is 0 Å². The highest BCUT2D eigenvalue weighted by Gasteiger charge is 2.31. The molecule has 0 radical (unpaired) electrons. The molecule has 2 aromatic rings. The van der Waals surface area contributed by atoms with Gasteiger partial charge < -0.3 is 59.1 Å². The summed E-state index contributed by atoms with van der Waals surface area (Å²) in [5, 5.41) is 43.0. The van der Waals surface area contributed by atoms with E-state index in [4.69, 9.17) is 22.3 Å². The SMILES string of the molecule is NC(=O)CN1CCN(CC(N)=O)CCN(CC(=O)NCC2CCC(C(=O)NC(Cc3ccc4ccccc4c3)C(=O)NCCCCC(NC(=O)NC(CCC(=O)O)C(=O)O)C(=O)O)CC2)CCN(CC(N)=O)CC1. The Morgan fingerprint density at radius 2 is 1.07 bits per heavy atom. The fraction of sp³-hybridized carbons (Fsp3) is 0.592. The van der Waals surface area contributed by atoms with Gasteiger partial charge in [0.15, 0.2) is 0 Å². The number of aliphatic carboxylic acids is 3. The third-order valence-corrected chi connectivity index (χ3v) is 13.2. The van der Waals surface area contributed by atoms with Crippen molar-refractivity contribution in [3.05, 3.63) is 48.0 Å². The predicted octanol–water partition coefficient (Wildman–Crippen LogP) is -2.18. The van der Waals surface area contributed by atoms with Gasteiger partial charge in [0, 0.05) is 84.2 Å². The Hall–Kier alpha value is -6.96. The number of fused-ring (bicyclic) bond motifs is 1. The molecule has 3 unspecified atom stereocenters. The summed E-state index contributed by atoms with van der Waals surface area (Å²) in [6, 6.07) is 8.56. The van der Waals surface area contributed by atoms with Crippen molar-refractivity contribution < 1.29 is 63.3 Å². The van der Waals surface area contributed by atoms with Crippen LogP contribution in [0.5, 0.6) is 0 Å². The molecule has 8 amide bonds. The van der Waals surface area contributed by atoms with Crippen molar-refractivity contribution in [3.63, 3.8) is 0 Å². The number of benzene rings is 2. The monoisotopic (exact) mass is 1040 g/mol. The molecule has 0 bridgehead atoms. The lowest BCUT2D eigenvalue weighted by atomic mass is 9.81. The molecule has 4 rings (SSSR count). The zero-order valence-corrected chi connectivity index (χ0v) is 41.8. The Balaban J connectivity index is 1.30. The molecule has 0 spiro atoms. The van der Waals surface area contributed by atoms with E-state index in [2.05, 4.69) is 26.6 Å². The highest BCUT2D eigenvalue weighted by atomic mass is 16.4. The van der Waals surface area contributed by atoms with Crippen molar-refractivity contribution >= 4 is 70.2 Å². The molecule has 1 saturated carbocycles. The van der Waals surface area contributed by atoms with Crippen LogP contribution < -0.4 is 43.8 Å². The van der Waals surface area contributed by atoms with E-state index in [-0.39, 0.29) is 75.6 Å². The number of carbonyl (C=O) groups is 10. The lowest BCUT2D eigenvalue weighted by Gasteiger charge is -2.33. The smallest absolute Gasteiger partial charge is 0.326 e. The van der Waals surface area contributed by atoms with Gasteiger partial charge in [-0.2, -0.15) is 0 Å². The summed E-state index contributed by atoms with van der Waals surface area (Å²) in [6.45, 7) is 3.84. The fourth-order valence-electron chi connectivity index (χ4n) is 9.07. The van der Waals surface area contributed by atoms with E-state index < -0.39 is 78.5 Å². The van der Waals surface area contributed by atoms with Crippen LogP contribution in [0.1, 0.15) is 63.4 Å². The minimum atomic E-state index is -1.55. The van der Waals surface area contributed by atoms with Gasteiger partial charge in [-0.05, 0) is 73.6 Å². The zero-order valence-electron chi connectivity index (χ0n) is 41.8. The number of amides is 8. The second-order valence-electron chi connectivity index (χ2n) is 19.1. The number of rotatable bonds is 27. The first-order valence-electron chi connectivity index (χ1n) is 25.1. The molecule has 3 atom stereocenters. The maximum Gasteiger partial charge on any atom is 0.326 e. The van der Waals surface area contributed by atoms with Gasteiger partial charge in [0.2, 0.25) is 35.4 Å². The van der Waals surface area contributed by atoms with Crippen molar-refractivity contribution in [2.24, 2.45) is 29.0 Å². The number of unbranched alkanes of at least 4 members (excludes halogenated alkanes) is 1. The number of hydrogen-bond donors (Lipinski definition) is 11. The molecule has 2 fully saturated rings. The first-order valence-corrected chi connectivity index (χ1v) is 25.1. The molecule has 2 aliphatic rings. The van der Waals surface area contributed by atoms with Crippen LogP contribution >= 0.6 is 0 Å². The Labute approximate surface area is 429 Å². The number of hydrogen-bond acceptors (Lipinski definition) is 14. The number of nitrogens with two attached hydrogens (primary N) is 3. The Morgan fingerprint density at radius 1 is 0.568 bits per heavy atom.